The molecule has 21 heavy (non-hydrogen) atoms. The van der Waals surface area contributed by atoms with Gasteiger partial charge in [-0.05, 0) is 18.2 Å². The largest absolute Gasteiger partial charge is 0.416 e. The van der Waals surface area contributed by atoms with Crippen LogP contribution < -0.4 is 10.2 Å². The van der Waals surface area contributed by atoms with Gasteiger partial charge in [-0.1, -0.05) is 11.6 Å². The van der Waals surface area contributed by atoms with E-state index in [1.807, 2.05) is 0 Å². The number of nitrogens with zero attached hydrogens (tertiary/aromatic N) is 1. The average molecular weight is 323 g/mol. The minimum Gasteiger partial charge on any atom is -0.356 e. The van der Waals surface area contributed by atoms with Crippen molar-refractivity contribution < 1.29 is 22.8 Å². The molecule has 0 aliphatic rings. The van der Waals surface area contributed by atoms with Gasteiger partial charge in [-0.3, -0.25) is 9.59 Å². The van der Waals surface area contributed by atoms with Gasteiger partial charge in [0, 0.05) is 26.9 Å². The van der Waals surface area contributed by atoms with E-state index in [9.17, 15) is 22.8 Å². The third kappa shape index (κ3) is 4.93. The lowest BCUT2D eigenvalue weighted by Crippen LogP contribution is -2.31. The molecular weight excluding hydrogens is 309 g/mol. The molecule has 2 amide bonds. The molecule has 1 N–H and O–H groups in total. The van der Waals surface area contributed by atoms with Crippen LogP contribution in [0, 0.1) is 0 Å². The smallest absolute Gasteiger partial charge is 0.356 e. The van der Waals surface area contributed by atoms with E-state index in [1.54, 1.807) is 0 Å². The summed E-state index contributed by atoms with van der Waals surface area (Å²) in [5, 5.41) is 2.47. The second-order valence-electron chi connectivity index (χ2n) is 4.35. The van der Waals surface area contributed by atoms with Crippen LogP contribution in [0.3, 0.4) is 0 Å². The van der Waals surface area contributed by atoms with Gasteiger partial charge in [0.2, 0.25) is 11.8 Å². The van der Waals surface area contributed by atoms with Crippen LogP contribution in [-0.2, 0) is 15.8 Å². The van der Waals surface area contributed by atoms with E-state index in [2.05, 4.69) is 5.32 Å². The van der Waals surface area contributed by atoms with E-state index in [4.69, 9.17) is 11.6 Å². The summed E-state index contributed by atoms with van der Waals surface area (Å²) in [4.78, 5) is 23.6. The van der Waals surface area contributed by atoms with Gasteiger partial charge in [0.15, 0.2) is 0 Å². The minimum absolute atomic E-state index is 0.0284. The van der Waals surface area contributed by atoms with E-state index >= 15 is 0 Å². The first kappa shape index (κ1) is 17.3. The summed E-state index contributed by atoms with van der Waals surface area (Å²) in [7, 11) is 1.33. The Morgan fingerprint density at radius 3 is 2.48 bits per heavy atom. The van der Waals surface area contributed by atoms with Crippen LogP contribution in [0.4, 0.5) is 18.9 Å². The highest BCUT2D eigenvalue weighted by atomic mass is 35.5. The lowest BCUT2D eigenvalue weighted by Gasteiger charge is -2.20. The molecule has 0 aliphatic carbocycles. The molecule has 0 saturated carbocycles. The number of hydrogen-bond donors (Lipinski definition) is 1. The van der Waals surface area contributed by atoms with Crippen molar-refractivity contribution in [2.24, 2.45) is 0 Å². The summed E-state index contributed by atoms with van der Waals surface area (Å²) in [6.07, 6.45) is -4.55. The van der Waals surface area contributed by atoms with Crippen LogP contribution in [-0.4, -0.2) is 25.4 Å². The standard InChI is InChI=1S/C13H14ClF3N2O2/c1-8(20)18-6-5-12(21)19(2)11-7-9(13(15,16)17)3-4-10(11)14/h3-4,7H,5-6H2,1-2H3,(H,18,20). The van der Waals surface area contributed by atoms with Crippen LogP contribution in [0.25, 0.3) is 0 Å². The third-order valence-electron chi connectivity index (χ3n) is 2.72. The number of halogens is 4. The van der Waals surface area contributed by atoms with Crippen molar-refractivity contribution in [3.63, 3.8) is 0 Å². The van der Waals surface area contributed by atoms with Crippen molar-refractivity contribution in [3.05, 3.63) is 28.8 Å². The number of carbonyl (C=O) groups is 2. The van der Waals surface area contributed by atoms with Gasteiger partial charge in [0.1, 0.15) is 0 Å². The molecule has 1 rings (SSSR count). The predicted molar refractivity (Wildman–Crippen MR) is 73.2 cm³/mol. The van der Waals surface area contributed by atoms with Gasteiger partial charge >= 0.3 is 6.18 Å². The van der Waals surface area contributed by atoms with Crippen molar-refractivity contribution in [2.45, 2.75) is 19.5 Å². The Labute approximate surface area is 124 Å². The number of rotatable bonds is 4. The quantitative estimate of drug-likeness (QED) is 0.926. The molecule has 0 fully saturated rings. The molecule has 0 spiro atoms. The van der Waals surface area contributed by atoms with Gasteiger partial charge in [-0.15, -0.1) is 0 Å². The van der Waals surface area contributed by atoms with Crippen molar-refractivity contribution in [1.29, 1.82) is 0 Å². The molecule has 1 aromatic rings. The van der Waals surface area contributed by atoms with Crippen LogP contribution in [0.5, 0.6) is 0 Å². The third-order valence-corrected chi connectivity index (χ3v) is 3.04. The van der Waals surface area contributed by atoms with Crippen molar-refractivity contribution in [3.8, 4) is 0 Å². The van der Waals surface area contributed by atoms with Crippen molar-refractivity contribution >= 4 is 29.1 Å². The number of anilines is 1. The first-order valence-electron chi connectivity index (χ1n) is 6.00. The topological polar surface area (TPSA) is 49.4 Å². The Morgan fingerprint density at radius 1 is 1.33 bits per heavy atom. The molecule has 8 heteroatoms. The second-order valence-corrected chi connectivity index (χ2v) is 4.76. The van der Waals surface area contributed by atoms with Gasteiger partial charge in [0.25, 0.3) is 0 Å². The van der Waals surface area contributed by atoms with Gasteiger partial charge in [-0.2, -0.15) is 13.2 Å². The maximum Gasteiger partial charge on any atom is 0.416 e. The zero-order valence-corrected chi connectivity index (χ0v) is 12.2. The first-order valence-corrected chi connectivity index (χ1v) is 6.38. The van der Waals surface area contributed by atoms with E-state index < -0.39 is 17.6 Å². The fourth-order valence-electron chi connectivity index (χ4n) is 1.59. The van der Waals surface area contributed by atoms with E-state index in [0.717, 1.165) is 23.1 Å². The Morgan fingerprint density at radius 2 is 1.95 bits per heavy atom. The van der Waals surface area contributed by atoms with Crippen molar-refractivity contribution in [1.82, 2.24) is 5.32 Å². The molecule has 0 aliphatic heterocycles. The normalized spacial score (nSPS) is 11.1. The SMILES string of the molecule is CC(=O)NCCC(=O)N(C)c1cc(C(F)(F)F)ccc1Cl. The molecule has 0 saturated heterocycles. The number of hydrogen-bond acceptors (Lipinski definition) is 2. The van der Waals surface area contributed by atoms with E-state index in [1.165, 1.54) is 14.0 Å². The highest BCUT2D eigenvalue weighted by Gasteiger charge is 2.31. The summed E-state index contributed by atoms with van der Waals surface area (Å²) in [6.45, 7) is 1.41. The first-order chi connectivity index (χ1) is 9.62. The molecule has 0 atom stereocenters. The maximum absolute atomic E-state index is 12.7. The number of alkyl halides is 3. The van der Waals surface area contributed by atoms with Crippen LogP contribution in [0.15, 0.2) is 18.2 Å². The fraction of sp³-hybridized carbons (Fsp3) is 0.385. The van der Waals surface area contributed by atoms with Crippen LogP contribution in [0.2, 0.25) is 5.02 Å². The Kier molecular flexibility index (Phi) is 5.60. The predicted octanol–water partition coefficient (Wildman–Crippen LogP) is 2.85. The Balaban J connectivity index is 2.88. The molecule has 0 radical (unpaired) electrons. The lowest BCUT2D eigenvalue weighted by atomic mass is 10.1. The summed E-state index contributed by atoms with van der Waals surface area (Å²) < 4.78 is 38.0. The van der Waals surface area contributed by atoms with E-state index in [0.29, 0.717) is 0 Å². The minimum atomic E-state index is -4.51. The van der Waals surface area contributed by atoms with E-state index in [-0.39, 0.29) is 29.6 Å². The zero-order valence-electron chi connectivity index (χ0n) is 11.4. The summed E-state index contributed by atoms with van der Waals surface area (Å²) >= 11 is 5.84. The molecular formula is C13H14ClF3N2O2. The average Bonchev–Trinajstić information content (AvgIpc) is 2.36. The molecule has 4 nitrogen and oxygen atoms in total. The second kappa shape index (κ2) is 6.80. The van der Waals surface area contributed by atoms with Gasteiger partial charge < -0.3 is 10.2 Å². The summed E-state index contributed by atoms with van der Waals surface area (Å²) in [6, 6.07) is 2.76. The fourth-order valence-corrected chi connectivity index (χ4v) is 1.84. The molecule has 0 heterocycles. The monoisotopic (exact) mass is 322 g/mol. The highest BCUT2D eigenvalue weighted by Crippen LogP contribution is 2.35. The van der Waals surface area contributed by atoms with Gasteiger partial charge in [0.05, 0.1) is 16.3 Å². The number of nitrogens with one attached hydrogen (secondary N) is 1. The number of benzene rings is 1. The van der Waals surface area contributed by atoms with Crippen LogP contribution in [0.1, 0.15) is 18.9 Å². The molecule has 0 unspecified atom stereocenters. The lowest BCUT2D eigenvalue weighted by molar-refractivity contribution is -0.137. The number of amides is 2. The highest BCUT2D eigenvalue weighted by molar-refractivity contribution is 6.33. The van der Waals surface area contributed by atoms with Gasteiger partial charge in [-0.25, -0.2) is 0 Å². The summed E-state index contributed by atoms with van der Waals surface area (Å²) in [5.41, 5.74) is -0.914. The molecule has 0 bridgehead atoms. The number of carbonyl (C=O) groups excluding carboxylic acids is 2. The molecule has 0 aromatic heterocycles. The molecule has 116 valence electrons. The zero-order chi connectivity index (χ0) is 16.2. The van der Waals surface area contributed by atoms with Crippen LogP contribution >= 0.6 is 11.6 Å². The Bertz CT molecular complexity index is 547. The maximum atomic E-state index is 12.7. The summed E-state index contributed by atoms with van der Waals surface area (Å²) in [5.74, 6) is -0.743. The molecule has 1 aromatic carbocycles. The van der Waals surface area contributed by atoms with Crippen molar-refractivity contribution in [2.75, 3.05) is 18.5 Å². The Hall–Kier alpha value is -1.76.